The summed E-state index contributed by atoms with van der Waals surface area (Å²) in [5, 5.41) is 3.57. The first-order chi connectivity index (χ1) is 6.38. The van der Waals surface area contributed by atoms with Gasteiger partial charge in [0.1, 0.15) is 6.61 Å². The standard InChI is InChI=1S/C9H10NO3/c1-2-5-13-10-8(7-11)9-4-3-6-12-9/h3-4,6H,2,5H2,1H3/b10-8-. The first-order valence-electron chi connectivity index (χ1n) is 4.00. The minimum absolute atomic E-state index is 0.0541. The van der Waals surface area contributed by atoms with Gasteiger partial charge in [0.15, 0.2) is 11.5 Å². The van der Waals surface area contributed by atoms with Crippen LogP contribution < -0.4 is 0 Å². The van der Waals surface area contributed by atoms with Crippen LogP contribution in [0.25, 0.3) is 0 Å². The van der Waals surface area contributed by atoms with Gasteiger partial charge in [-0.1, -0.05) is 12.1 Å². The summed E-state index contributed by atoms with van der Waals surface area (Å²) in [5.74, 6) is 0.367. The molecule has 0 spiro atoms. The Morgan fingerprint density at radius 3 is 3.15 bits per heavy atom. The van der Waals surface area contributed by atoms with E-state index in [1.807, 2.05) is 6.92 Å². The van der Waals surface area contributed by atoms with Crippen molar-refractivity contribution >= 4 is 12.0 Å². The second-order valence-electron chi connectivity index (χ2n) is 2.35. The smallest absolute Gasteiger partial charge is 0.261 e. The molecule has 0 aliphatic heterocycles. The van der Waals surface area contributed by atoms with Crippen LogP contribution in [0.2, 0.25) is 0 Å². The topological polar surface area (TPSA) is 51.8 Å². The lowest BCUT2D eigenvalue weighted by atomic mass is 10.3. The Hall–Kier alpha value is -1.58. The highest BCUT2D eigenvalue weighted by molar-refractivity contribution is 6.35. The van der Waals surface area contributed by atoms with Crippen LogP contribution in [0.4, 0.5) is 0 Å². The summed E-state index contributed by atoms with van der Waals surface area (Å²) < 4.78 is 4.94. The molecule has 0 aromatic carbocycles. The Bertz CT molecular complexity index is 277. The molecule has 0 N–H and O–H groups in total. The third kappa shape index (κ3) is 2.74. The molecule has 0 fully saturated rings. The minimum atomic E-state index is 0.0541. The maximum absolute atomic E-state index is 10.4. The highest BCUT2D eigenvalue weighted by Crippen LogP contribution is 2.01. The molecule has 0 saturated carbocycles. The van der Waals surface area contributed by atoms with Gasteiger partial charge in [0.2, 0.25) is 0 Å². The van der Waals surface area contributed by atoms with E-state index in [1.54, 1.807) is 18.4 Å². The summed E-state index contributed by atoms with van der Waals surface area (Å²) in [6.45, 7) is 2.43. The lowest BCUT2D eigenvalue weighted by Gasteiger charge is -1.95. The van der Waals surface area contributed by atoms with E-state index in [2.05, 4.69) is 5.16 Å². The van der Waals surface area contributed by atoms with Gasteiger partial charge < -0.3 is 9.25 Å². The van der Waals surface area contributed by atoms with Crippen molar-refractivity contribution < 1.29 is 14.0 Å². The Morgan fingerprint density at radius 1 is 1.77 bits per heavy atom. The van der Waals surface area contributed by atoms with Crippen LogP contribution in [0.15, 0.2) is 28.0 Å². The van der Waals surface area contributed by atoms with E-state index in [0.717, 1.165) is 6.42 Å². The van der Waals surface area contributed by atoms with Gasteiger partial charge in [0, 0.05) is 0 Å². The molecular weight excluding hydrogens is 170 g/mol. The Labute approximate surface area is 76.2 Å². The molecule has 1 aromatic rings. The summed E-state index contributed by atoms with van der Waals surface area (Å²) in [7, 11) is 0. The molecule has 69 valence electrons. The Balaban J connectivity index is 2.62. The molecule has 0 unspecified atom stereocenters. The molecule has 1 aromatic heterocycles. The lowest BCUT2D eigenvalue weighted by Crippen LogP contribution is -2.02. The fraction of sp³-hybridized carbons (Fsp3) is 0.333. The van der Waals surface area contributed by atoms with Crippen molar-refractivity contribution in [1.29, 1.82) is 0 Å². The van der Waals surface area contributed by atoms with Crippen LogP contribution in [0.5, 0.6) is 0 Å². The van der Waals surface area contributed by atoms with E-state index in [1.165, 1.54) is 6.26 Å². The van der Waals surface area contributed by atoms with Gasteiger partial charge >= 0.3 is 0 Å². The second kappa shape index (κ2) is 5.13. The number of hydrogen-bond donors (Lipinski definition) is 0. The zero-order chi connectivity index (χ0) is 9.52. The van der Waals surface area contributed by atoms with E-state index in [4.69, 9.17) is 9.25 Å². The fourth-order valence-corrected chi connectivity index (χ4v) is 0.729. The van der Waals surface area contributed by atoms with Crippen molar-refractivity contribution in [3.8, 4) is 0 Å². The first kappa shape index (κ1) is 9.51. The predicted octanol–water partition coefficient (Wildman–Crippen LogP) is 1.52. The molecule has 1 heterocycles. The number of hydrogen-bond acceptors (Lipinski definition) is 4. The van der Waals surface area contributed by atoms with E-state index in [9.17, 15) is 4.79 Å². The van der Waals surface area contributed by atoms with Crippen LogP contribution in [0, 0.1) is 0 Å². The largest absolute Gasteiger partial charge is 0.462 e. The molecule has 4 heteroatoms. The highest BCUT2D eigenvalue weighted by atomic mass is 16.6. The minimum Gasteiger partial charge on any atom is -0.462 e. The maximum atomic E-state index is 10.4. The molecule has 0 aliphatic carbocycles. The molecule has 1 radical (unpaired) electrons. The van der Waals surface area contributed by atoms with Crippen molar-refractivity contribution in [3.05, 3.63) is 24.2 Å². The van der Waals surface area contributed by atoms with E-state index < -0.39 is 0 Å². The highest BCUT2D eigenvalue weighted by Gasteiger charge is 2.06. The SMILES string of the molecule is CCCO/N=C(/[C]=O)c1ccco1. The van der Waals surface area contributed by atoms with Gasteiger partial charge in [0.05, 0.1) is 6.26 Å². The normalized spacial score (nSPS) is 11.3. The van der Waals surface area contributed by atoms with Gasteiger partial charge in [-0.15, -0.1) is 0 Å². The molecule has 1 rings (SSSR count). The van der Waals surface area contributed by atoms with Crippen LogP contribution in [-0.4, -0.2) is 18.6 Å². The van der Waals surface area contributed by atoms with Gasteiger partial charge in [-0.2, -0.15) is 0 Å². The van der Waals surface area contributed by atoms with Crippen LogP contribution >= 0.6 is 0 Å². The summed E-state index contributed by atoms with van der Waals surface area (Å²) in [4.78, 5) is 15.2. The zero-order valence-corrected chi connectivity index (χ0v) is 7.32. The van der Waals surface area contributed by atoms with Crippen molar-refractivity contribution in [3.63, 3.8) is 0 Å². The van der Waals surface area contributed by atoms with Gasteiger partial charge in [-0.3, -0.25) is 4.79 Å². The maximum Gasteiger partial charge on any atom is 0.261 e. The third-order valence-electron chi connectivity index (χ3n) is 1.30. The fourth-order valence-electron chi connectivity index (χ4n) is 0.729. The molecule has 0 amide bonds. The number of furan rings is 1. The van der Waals surface area contributed by atoms with Crippen LogP contribution in [0.1, 0.15) is 19.1 Å². The van der Waals surface area contributed by atoms with Crippen molar-refractivity contribution in [1.82, 2.24) is 0 Å². The first-order valence-corrected chi connectivity index (χ1v) is 4.00. The van der Waals surface area contributed by atoms with E-state index in [-0.39, 0.29) is 5.71 Å². The molecule has 0 aliphatic rings. The average molecular weight is 180 g/mol. The number of nitrogens with zero attached hydrogens (tertiary/aromatic N) is 1. The second-order valence-corrected chi connectivity index (χ2v) is 2.35. The number of rotatable bonds is 5. The molecule has 4 nitrogen and oxygen atoms in total. The summed E-state index contributed by atoms with van der Waals surface area (Å²) in [6, 6.07) is 3.29. The van der Waals surface area contributed by atoms with E-state index >= 15 is 0 Å². The van der Waals surface area contributed by atoms with Crippen molar-refractivity contribution in [2.75, 3.05) is 6.61 Å². The van der Waals surface area contributed by atoms with Gasteiger partial charge in [-0.05, 0) is 18.6 Å². The zero-order valence-electron chi connectivity index (χ0n) is 7.32. The molecule has 13 heavy (non-hydrogen) atoms. The van der Waals surface area contributed by atoms with Crippen molar-refractivity contribution in [2.45, 2.75) is 13.3 Å². The summed E-state index contributed by atoms with van der Waals surface area (Å²) in [5.41, 5.74) is 0.0541. The number of carbonyl (C=O) groups excluding carboxylic acids is 1. The lowest BCUT2D eigenvalue weighted by molar-refractivity contribution is 0.145. The monoisotopic (exact) mass is 180 g/mol. The van der Waals surface area contributed by atoms with E-state index in [0.29, 0.717) is 12.4 Å². The third-order valence-corrected chi connectivity index (χ3v) is 1.30. The Kier molecular flexibility index (Phi) is 3.75. The predicted molar refractivity (Wildman–Crippen MR) is 47.2 cm³/mol. The van der Waals surface area contributed by atoms with Crippen LogP contribution in [-0.2, 0) is 9.63 Å². The Morgan fingerprint density at radius 2 is 2.62 bits per heavy atom. The molecular formula is C9H10NO3. The molecule has 0 saturated heterocycles. The molecule has 0 atom stereocenters. The summed E-state index contributed by atoms with van der Waals surface area (Å²) in [6.07, 6.45) is 3.95. The average Bonchev–Trinajstić information content (AvgIpc) is 2.65. The van der Waals surface area contributed by atoms with Gasteiger partial charge in [-0.25, -0.2) is 0 Å². The quantitative estimate of drug-likeness (QED) is 0.392. The summed E-state index contributed by atoms with van der Waals surface area (Å²) >= 11 is 0. The number of oxime groups is 1. The van der Waals surface area contributed by atoms with Crippen LogP contribution in [0.3, 0.4) is 0 Å². The molecule has 0 bridgehead atoms. The van der Waals surface area contributed by atoms with Gasteiger partial charge in [0.25, 0.3) is 6.29 Å². The van der Waals surface area contributed by atoms with Crippen molar-refractivity contribution in [2.24, 2.45) is 5.16 Å².